The van der Waals surface area contributed by atoms with Crippen LogP contribution < -0.4 is 4.72 Å². The highest BCUT2D eigenvalue weighted by molar-refractivity contribution is 7.92. The van der Waals surface area contributed by atoms with Crippen LogP contribution in [0.4, 0.5) is 5.69 Å². The van der Waals surface area contributed by atoms with Gasteiger partial charge in [0.25, 0.3) is 15.9 Å². The van der Waals surface area contributed by atoms with Gasteiger partial charge in [0, 0.05) is 31.5 Å². The van der Waals surface area contributed by atoms with E-state index < -0.39 is 10.0 Å². The van der Waals surface area contributed by atoms with Gasteiger partial charge < -0.3 is 14.2 Å². The fourth-order valence-corrected chi connectivity index (χ4v) is 6.20. The highest BCUT2D eigenvalue weighted by Crippen LogP contribution is 2.33. The molecule has 0 unspecified atom stereocenters. The number of hydrogen-bond acceptors (Lipinski definition) is 6. The summed E-state index contributed by atoms with van der Waals surface area (Å²) in [6.07, 6.45) is 0. The van der Waals surface area contributed by atoms with Gasteiger partial charge in [-0.05, 0) is 57.0 Å². The van der Waals surface area contributed by atoms with Crippen molar-refractivity contribution in [2.24, 2.45) is 7.05 Å². The van der Waals surface area contributed by atoms with Crippen molar-refractivity contribution < 1.29 is 17.9 Å². The number of carbonyl (C=O) groups excluding carboxylic acids is 1. The standard InChI is InChI=1S/C23H28N4O4S2/c1-14-6-7-18(12-15(14)2)25-33(29,30)20-13-19(26(5)17(20)4)22-24-16(3)21(32-22)23(28)27-8-10-31-11-9-27/h6-7,12-13,25H,8-11H2,1-5H3. The van der Waals surface area contributed by atoms with Crippen LogP contribution in [0.3, 0.4) is 0 Å². The van der Waals surface area contributed by atoms with Crippen molar-refractivity contribution in [2.45, 2.75) is 32.6 Å². The second-order valence-corrected chi connectivity index (χ2v) is 10.9. The first-order valence-electron chi connectivity index (χ1n) is 10.7. The third-order valence-electron chi connectivity index (χ3n) is 6.05. The van der Waals surface area contributed by atoms with Crippen molar-refractivity contribution in [1.82, 2.24) is 14.5 Å². The normalized spacial score (nSPS) is 14.5. The van der Waals surface area contributed by atoms with E-state index in [1.165, 1.54) is 11.3 Å². The molecule has 3 aromatic rings. The molecule has 4 rings (SSSR count). The molecule has 3 heterocycles. The summed E-state index contributed by atoms with van der Waals surface area (Å²) in [6, 6.07) is 7.09. The van der Waals surface area contributed by atoms with E-state index >= 15 is 0 Å². The Bertz CT molecular complexity index is 1320. The molecule has 0 atom stereocenters. The summed E-state index contributed by atoms with van der Waals surface area (Å²) in [6.45, 7) is 9.67. The number of hydrogen-bond donors (Lipinski definition) is 1. The van der Waals surface area contributed by atoms with Gasteiger partial charge in [-0.2, -0.15) is 0 Å². The molecule has 0 spiro atoms. The Morgan fingerprint density at radius 2 is 1.79 bits per heavy atom. The first-order chi connectivity index (χ1) is 15.6. The highest BCUT2D eigenvalue weighted by atomic mass is 32.2. The molecule has 1 aliphatic heterocycles. The summed E-state index contributed by atoms with van der Waals surface area (Å²) >= 11 is 1.29. The Morgan fingerprint density at radius 3 is 2.45 bits per heavy atom. The highest BCUT2D eigenvalue weighted by Gasteiger charge is 2.27. The predicted octanol–water partition coefficient (Wildman–Crippen LogP) is 3.66. The van der Waals surface area contributed by atoms with Crippen molar-refractivity contribution in [3.8, 4) is 10.7 Å². The molecule has 10 heteroatoms. The van der Waals surface area contributed by atoms with Crippen LogP contribution in [0.1, 0.15) is 32.2 Å². The van der Waals surface area contributed by atoms with Crippen LogP contribution in [0.15, 0.2) is 29.2 Å². The van der Waals surface area contributed by atoms with Gasteiger partial charge in [-0.1, -0.05) is 6.07 Å². The molecule has 1 fully saturated rings. The van der Waals surface area contributed by atoms with E-state index in [9.17, 15) is 13.2 Å². The van der Waals surface area contributed by atoms with E-state index in [2.05, 4.69) is 9.71 Å². The number of morpholine rings is 1. The quantitative estimate of drug-likeness (QED) is 0.592. The maximum absolute atomic E-state index is 13.2. The molecule has 33 heavy (non-hydrogen) atoms. The Labute approximate surface area is 198 Å². The Morgan fingerprint density at radius 1 is 1.09 bits per heavy atom. The number of sulfonamides is 1. The van der Waals surface area contributed by atoms with E-state index in [1.807, 2.05) is 32.9 Å². The van der Waals surface area contributed by atoms with E-state index in [-0.39, 0.29) is 10.8 Å². The van der Waals surface area contributed by atoms with Crippen molar-refractivity contribution in [3.63, 3.8) is 0 Å². The summed E-state index contributed by atoms with van der Waals surface area (Å²) in [4.78, 5) is 20.1. The number of ether oxygens (including phenoxy) is 1. The minimum Gasteiger partial charge on any atom is -0.378 e. The largest absolute Gasteiger partial charge is 0.378 e. The number of anilines is 1. The first kappa shape index (κ1) is 23.5. The van der Waals surface area contributed by atoms with Crippen LogP contribution in [0.5, 0.6) is 0 Å². The number of amides is 1. The number of aryl methyl sites for hydroxylation is 3. The minimum atomic E-state index is -3.80. The van der Waals surface area contributed by atoms with Crippen molar-refractivity contribution in [2.75, 3.05) is 31.0 Å². The fraction of sp³-hybridized carbons (Fsp3) is 0.391. The Kier molecular flexibility index (Phi) is 6.35. The van der Waals surface area contributed by atoms with E-state index in [0.717, 1.165) is 11.1 Å². The lowest BCUT2D eigenvalue weighted by molar-refractivity contribution is 0.0305. The molecule has 1 saturated heterocycles. The van der Waals surface area contributed by atoms with Gasteiger partial charge in [-0.15, -0.1) is 11.3 Å². The van der Waals surface area contributed by atoms with Crippen LogP contribution >= 0.6 is 11.3 Å². The van der Waals surface area contributed by atoms with Gasteiger partial charge in [0.05, 0.1) is 24.6 Å². The lowest BCUT2D eigenvalue weighted by Gasteiger charge is -2.26. The average Bonchev–Trinajstić information content (AvgIpc) is 3.31. The van der Waals surface area contributed by atoms with Crippen LogP contribution in [-0.2, 0) is 21.8 Å². The summed E-state index contributed by atoms with van der Waals surface area (Å²) < 4.78 is 36.2. The third-order valence-corrected chi connectivity index (χ3v) is 8.71. The van der Waals surface area contributed by atoms with E-state index in [4.69, 9.17) is 4.74 Å². The molecule has 0 radical (unpaired) electrons. The molecule has 8 nitrogen and oxygen atoms in total. The Hall–Kier alpha value is -2.69. The summed E-state index contributed by atoms with van der Waals surface area (Å²) in [5.74, 6) is -0.0604. The summed E-state index contributed by atoms with van der Waals surface area (Å²) in [5, 5.41) is 0.613. The molecule has 1 amide bonds. The number of thiazole rings is 1. The SMILES string of the molecule is Cc1ccc(NS(=O)(=O)c2cc(-c3nc(C)c(C(=O)N4CCOCC4)s3)n(C)c2C)cc1C. The predicted molar refractivity (Wildman–Crippen MR) is 129 cm³/mol. The van der Waals surface area contributed by atoms with Crippen LogP contribution in [0.2, 0.25) is 0 Å². The van der Waals surface area contributed by atoms with Gasteiger partial charge in [0.2, 0.25) is 0 Å². The molecule has 0 bridgehead atoms. The number of benzene rings is 1. The molecule has 0 aliphatic carbocycles. The zero-order valence-corrected chi connectivity index (χ0v) is 21.1. The summed E-state index contributed by atoms with van der Waals surface area (Å²) in [7, 11) is -2.00. The zero-order chi connectivity index (χ0) is 23.9. The molecule has 1 N–H and O–H groups in total. The first-order valence-corrected chi connectivity index (χ1v) is 13.0. The second-order valence-electron chi connectivity index (χ2n) is 8.28. The topological polar surface area (TPSA) is 93.5 Å². The smallest absolute Gasteiger partial charge is 0.266 e. The molecule has 2 aromatic heterocycles. The lowest BCUT2D eigenvalue weighted by atomic mass is 10.1. The van der Waals surface area contributed by atoms with Gasteiger partial charge in [-0.25, -0.2) is 13.4 Å². The summed E-state index contributed by atoms with van der Waals surface area (Å²) in [5.41, 5.74) is 4.51. The number of carbonyl (C=O) groups is 1. The van der Waals surface area contributed by atoms with Gasteiger partial charge >= 0.3 is 0 Å². The van der Waals surface area contributed by atoms with E-state index in [0.29, 0.717) is 59.0 Å². The van der Waals surface area contributed by atoms with Crippen LogP contribution in [-0.4, -0.2) is 55.1 Å². The molecule has 0 saturated carbocycles. The maximum Gasteiger partial charge on any atom is 0.266 e. The lowest BCUT2D eigenvalue weighted by Crippen LogP contribution is -2.40. The second kappa shape index (κ2) is 8.92. The van der Waals surface area contributed by atoms with E-state index in [1.54, 1.807) is 35.6 Å². The van der Waals surface area contributed by atoms with Crippen LogP contribution in [0, 0.1) is 27.7 Å². The Balaban J connectivity index is 1.66. The molecule has 176 valence electrons. The molecule has 1 aliphatic rings. The minimum absolute atomic E-state index is 0.0604. The molecular weight excluding hydrogens is 460 g/mol. The molecular formula is C23H28N4O4S2. The van der Waals surface area contributed by atoms with Gasteiger partial charge in [-0.3, -0.25) is 9.52 Å². The fourth-order valence-electron chi connectivity index (χ4n) is 3.78. The number of nitrogens with one attached hydrogen (secondary N) is 1. The van der Waals surface area contributed by atoms with Crippen molar-refractivity contribution in [3.05, 3.63) is 51.7 Å². The van der Waals surface area contributed by atoms with Crippen molar-refractivity contribution in [1.29, 1.82) is 0 Å². The number of nitrogens with zero attached hydrogens (tertiary/aromatic N) is 3. The maximum atomic E-state index is 13.2. The monoisotopic (exact) mass is 488 g/mol. The third kappa shape index (κ3) is 4.55. The average molecular weight is 489 g/mol. The molecule has 1 aromatic carbocycles. The number of rotatable bonds is 5. The van der Waals surface area contributed by atoms with Crippen LogP contribution in [0.25, 0.3) is 10.7 Å². The van der Waals surface area contributed by atoms with Gasteiger partial charge in [0.15, 0.2) is 0 Å². The van der Waals surface area contributed by atoms with Crippen molar-refractivity contribution >= 4 is 33.0 Å². The zero-order valence-electron chi connectivity index (χ0n) is 19.4. The number of aromatic nitrogens is 2. The van der Waals surface area contributed by atoms with Gasteiger partial charge in [0.1, 0.15) is 14.8 Å².